The Morgan fingerprint density at radius 2 is 2.05 bits per heavy atom. The predicted molar refractivity (Wildman–Crippen MR) is 77.6 cm³/mol. The van der Waals surface area contributed by atoms with Crippen LogP contribution in [0.1, 0.15) is 39.0 Å². The first-order valence-electron chi connectivity index (χ1n) is 7.00. The van der Waals surface area contributed by atoms with Crippen LogP contribution in [0.5, 0.6) is 0 Å². The summed E-state index contributed by atoms with van der Waals surface area (Å²) < 4.78 is 2.01. The maximum absolute atomic E-state index is 4.63. The molecule has 5 nitrogen and oxygen atoms in total. The fraction of sp³-hybridized carbons (Fsp3) is 0.571. The van der Waals surface area contributed by atoms with E-state index in [1.807, 2.05) is 30.0 Å². The van der Waals surface area contributed by atoms with Crippen molar-refractivity contribution in [2.24, 2.45) is 0 Å². The average Bonchev–Trinajstić information content (AvgIpc) is 2.87. The van der Waals surface area contributed by atoms with E-state index < -0.39 is 0 Å². The first-order chi connectivity index (χ1) is 9.20. The van der Waals surface area contributed by atoms with Gasteiger partial charge in [0.1, 0.15) is 5.82 Å². The molecule has 2 aromatic rings. The van der Waals surface area contributed by atoms with E-state index in [1.165, 1.54) is 32.1 Å². The minimum atomic E-state index is 0.143. The van der Waals surface area contributed by atoms with Crippen molar-refractivity contribution in [3.63, 3.8) is 0 Å². The highest BCUT2D eigenvalue weighted by Gasteiger charge is 2.27. The molecule has 1 aliphatic carbocycles. The Bertz CT molecular complexity index is 568. The summed E-state index contributed by atoms with van der Waals surface area (Å²) in [6.45, 7) is 2.29. The second kappa shape index (κ2) is 4.72. The molecule has 1 fully saturated rings. The van der Waals surface area contributed by atoms with Gasteiger partial charge in [-0.05, 0) is 19.8 Å². The van der Waals surface area contributed by atoms with Gasteiger partial charge in [0.05, 0.1) is 6.20 Å². The Hall–Kier alpha value is -1.78. The fourth-order valence-electron chi connectivity index (χ4n) is 2.88. The summed E-state index contributed by atoms with van der Waals surface area (Å²) in [5.41, 5.74) is 1.04. The summed E-state index contributed by atoms with van der Waals surface area (Å²) in [5.74, 6) is 1.73. The third-order valence-electron chi connectivity index (χ3n) is 4.01. The smallest absolute Gasteiger partial charge is 0.180 e. The number of hydrogen-bond acceptors (Lipinski definition) is 4. The molecule has 0 atom stereocenters. The lowest BCUT2D eigenvalue weighted by Gasteiger charge is -2.35. The number of anilines is 2. The largest absolute Gasteiger partial charge is 0.372 e. The van der Waals surface area contributed by atoms with Crippen LogP contribution in [-0.4, -0.2) is 27.0 Å². The second-order valence-corrected chi connectivity index (χ2v) is 5.63. The van der Waals surface area contributed by atoms with Crippen LogP contribution < -0.4 is 10.6 Å². The van der Waals surface area contributed by atoms with Crippen LogP contribution in [0.25, 0.3) is 5.65 Å². The molecule has 0 radical (unpaired) electrons. The SMILES string of the molecule is CNc1cn2ccnc2c(NC2(C)CCCCC2)n1. The van der Waals surface area contributed by atoms with E-state index in [9.17, 15) is 0 Å². The molecular weight excluding hydrogens is 238 g/mol. The Kier molecular flexibility index (Phi) is 3.05. The van der Waals surface area contributed by atoms with Crippen molar-refractivity contribution in [1.82, 2.24) is 14.4 Å². The van der Waals surface area contributed by atoms with Crippen LogP contribution in [0.3, 0.4) is 0 Å². The zero-order valence-electron chi connectivity index (χ0n) is 11.6. The topological polar surface area (TPSA) is 54.2 Å². The van der Waals surface area contributed by atoms with Crippen LogP contribution in [0.15, 0.2) is 18.6 Å². The van der Waals surface area contributed by atoms with E-state index >= 15 is 0 Å². The summed E-state index contributed by atoms with van der Waals surface area (Å²) >= 11 is 0. The molecule has 19 heavy (non-hydrogen) atoms. The highest BCUT2D eigenvalue weighted by atomic mass is 15.2. The van der Waals surface area contributed by atoms with Gasteiger partial charge in [-0.3, -0.25) is 0 Å². The molecule has 2 N–H and O–H groups in total. The molecular formula is C14H21N5. The number of nitrogens with zero attached hydrogens (tertiary/aromatic N) is 3. The van der Waals surface area contributed by atoms with Gasteiger partial charge in [-0.15, -0.1) is 0 Å². The Labute approximate surface area is 113 Å². The van der Waals surface area contributed by atoms with Gasteiger partial charge in [0.25, 0.3) is 0 Å². The Morgan fingerprint density at radius 3 is 2.79 bits per heavy atom. The summed E-state index contributed by atoms with van der Waals surface area (Å²) in [4.78, 5) is 9.03. The normalized spacial score (nSPS) is 18.4. The summed E-state index contributed by atoms with van der Waals surface area (Å²) in [6.07, 6.45) is 12.0. The van der Waals surface area contributed by atoms with Crippen molar-refractivity contribution < 1.29 is 0 Å². The second-order valence-electron chi connectivity index (χ2n) is 5.63. The van der Waals surface area contributed by atoms with E-state index in [2.05, 4.69) is 27.5 Å². The van der Waals surface area contributed by atoms with Crippen LogP contribution in [0, 0.1) is 0 Å². The molecule has 102 valence electrons. The van der Waals surface area contributed by atoms with Gasteiger partial charge in [-0.2, -0.15) is 0 Å². The maximum Gasteiger partial charge on any atom is 0.180 e. The van der Waals surface area contributed by atoms with Gasteiger partial charge in [0.15, 0.2) is 11.5 Å². The number of nitrogens with one attached hydrogen (secondary N) is 2. The lowest BCUT2D eigenvalue weighted by atomic mass is 9.83. The van der Waals surface area contributed by atoms with E-state index in [0.717, 1.165) is 17.3 Å². The fourth-order valence-corrected chi connectivity index (χ4v) is 2.88. The first-order valence-corrected chi connectivity index (χ1v) is 7.00. The lowest BCUT2D eigenvalue weighted by Crippen LogP contribution is -2.37. The average molecular weight is 259 g/mol. The molecule has 0 saturated heterocycles. The van der Waals surface area contributed by atoms with Crippen LogP contribution in [0.4, 0.5) is 11.6 Å². The van der Waals surface area contributed by atoms with Crippen LogP contribution in [-0.2, 0) is 0 Å². The number of hydrogen-bond donors (Lipinski definition) is 2. The quantitative estimate of drug-likeness (QED) is 0.890. The molecule has 2 heterocycles. The van der Waals surface area contributed by atoms with E-state index in [-0.39, 0.29) is 5.54 Å². The van der Waals surface area contributed by atoms with Crippen molar-refractivity contribution >= 4 is 17.3 Å². The van der Waals surface area contributed by atoms with Crippen molar-refractivity contribution in [1.29, 1.82) is 0 Å². The molecule has 1 aliphatic rings. The monoisotopic (exact) mass is 259 g/mol. The predicted octanol–water partition coefficient (Wildman–Crippen LogP) is 2.91. The van der Waals surface area contributed by atoms with Crippen molar-refractivity contribution in [2.75, 3.05) is 17.7 Å². The highest BCUT2D eigenvalue weighted by Crippen LogP contribution is 2.31. The minimum absolute atomic E-state index is 0.143. The van der Waals surface area contributed by atoms with Gasteiger partial charge < -0.3 is 15.0 Å². The third-order valence-corrected chi connectivity index (χ3v) is 4.01. The van der Waals surface area contributed by atoms with Crippen LogP contribution >= 0.6 is 0 Å². The van der Waals surface area contributed by atoms with E-state index in [4.69, 9.17) is 0 Å². The van der Waals surface area contributed by atoms with Gasteiger partial charge in [0.2, 0.25) is 0 Å². The summed E-state index contributed by atoms with van der Waals surface area (Å²) in [7, 11) is 1.89. The number of aromatic nitrogens is 3. The van der Waals surface area contributed by atoms with Crippen LogP contribution in [0.2, 0.25) is 0 Å². The molecule has 0 aliphatic heterocycles. The molecule has 2 aromatic heterocycles. The van der Waals surface area contributed by atoms with Gasteiger partial charge in [-0.25, -0.2) is 9.97 Å². The zero-order chi connectivity index (χ0) is 13.3. The summed E-state index contributed by atoms with van der Waals surface area (Å²) in [5, 5.41) is 6.73. The molecule has 0 unspecified atom stereocenters. The maximum atomic E-state index is 4.63. The standard InChI is InChI=1S/C14H21N5/c1-14(6-4-3-5-7-14)18-12-13-16-8-9-19(13)10-11(15-2)17-12/h8-10,15H,3-7H2,1-2H3,(H,17,18). The number of imidazole rings is 1. The minimum Gasteiger partial charge on any atom is -0.372 e. The first kappa shape index (κ1) is 12.3. The molecule has 5 heteroatoms. The summed E-state index contributed by atoms with van der Waals surface area (Å²) in [6, 6.07) is 0. The number of fused-ring (bicyclic) bond motifs is 1. The lowest BCUT2D eigenvalue weighted by molar-refractivity contribution is 0.349. The van der Waals surface area contributed by atoms with Gasteiger partial charge >= 0.3 is 0 Å². The van der Waals surface area contributed by atoms with Crippen molar-refractivity contribution in [3.8, 4) is 0 Å². The molecule has 0 spiro atoms. The Morgan fingerprint density at radius 1 is 1.26 bits per heavy atom. The molecule has 1 saturated carbocycles. The third kappa shape index (κ3) is 2.37. The molecule has 0 bridgehead atoms. The zero-order valence-corrected chi connectivity index (χ0v) is 11.6. The van der Waals surface area contributed by atoms with E-state index in [0.29, 0.717) is 0 Å². The van der Waals surface area contributed by atoms with Gasteiger partial charge in [-0.1, -0.05) is 19.3 Å². The van der Waals surface area contributed by atoms with E-state index in [1.54, 1.807) is 0 Å². The van der Waals surface area contributed by atoms with Crippen molar-refractivity contribution in [2.45, 2.75) is 44.6 Å². The molecule has 0 aromatic carbocycles. The Balaban J connectivity index is 1.96. The molecule has 3 rings (SSSR count). The number of rotatable bonds is 3. The van der Waals surface area contributed by atoms with Crippen molar-refractivity contribution in [3.05, 3.63) is 18.6 Å². The highest BCUT2D eigenvalue weighted by molar-refractivity contribution is 5.66. The van der Waals surface area contributed by atoms with Gasteiger partial charge in [0, 0.05) is 25.0 Å². The molecule has 0 amide bonds.